The minimum Gasteiger partial charge on any atom is -0.458 e. The molecule has 2 aromatic heterocycles. The summed E-state index contributed by atoms with van der Waals surface area (Å²) in [6, 6.07) is 3.46. The number of ether oxygens (including phenoxy) is 1. The molecule has 3 aliphatic rings. The van der Waals surface area contributed by atoms with E-state index in [1.54, 1.807) is 17.6 Å². The van der Waals surface area contributed by atoms with Gasteiger partial charge >= 0.3 is 5.97 Å². The van der Waals surface area contributed by atoms with Gasteiger partial charge < -0.3 is 20.1 Å². The zero-order chi connectivity index (χ0) is 25.6. The summed E-state index contributed by atoms with van der Waals surface area (Å²) in [6.45, 7) is 9.94. The van der Waals surface area contributed by atoms with Crippen molar-refractivity contribution in [3.05, 3.63) is 61.7 Å². The van der Waals surface area contributed by atoms with Crippen LogP contribution in [0.4, 0.5) is 4.39 Å². The van der Waals surface area contributed by atoms with Gasteiger partial charge in [0.25, 0.3) is 5.56 Å². The molecule has 4 heterocycles. The van der Waals surface area contributed by atoms with Crippen molar-refractivity contribution in [2.24, 2.45) is 5.73 Å². The van der Waals surface area contributed by atoms with Crippen molar-refractivity contribution in [1.82, 2.24) is 9.55 Å². The highest BCUT2D eigenvalue weighted by atomic mass is 19.1. The number of pyridine rings is 2. The fourth-order valence-electron chi connectivity index (χ4n) is 5.06. The highest BCUT2D eigenvalue weighted by Gasteiger charge is 2.35. The maximum Gasteiger partial charge on any atom is 0.340 e. The Morgan fingerprint density at radius 1 is 1.14 bits per heavy atom. The molecule has 0 saturated heterocycles. The number of esters is 1. The van der Waals surface area contributed by atoms with Crippen LogP contribution >= 0.6 is 0 Å². The van der Waals surface area contributed by atoms with Crippen LogP contribution in [0.15, 0.2) is 16.9 Å². The average molecular weight is 482 g/mol. The molecule has 1 atom stereocenters. The number of carbonyl (C=O) groups is 1. The van der Waals surface area contributed by atoms with Gasteiger partial charge in [-0.2, -0.15) is 0 Å². The number of fused-ring (bicyclic) bond motifs is 5. The lowest BCUT2D eigenvalue weighted by atomic mass is 9.85. The molecule has 1 aromatic carbocycles. The second-order valence-corrected chi connectivity index (χ2v) is 9.24. The summed E-state index contributed by atoms with van der Waals surface area (Å²) >= 11 is 0. The van der Waals surface area contributed by atoms with E-state index in [0.29, 0.717) is 40.6 Å². The lowest BCUT2D eigenvalue weighted by molar-refractivity contribution is -0.157. The smallest absolute Gasteiger partial charge is 0.340 e. The van der Waals surface area contributed by atoms with Crippen molar-refractivity contribution >= 4 is 16.9 Å². The third-order valence-electron chi connectivity index (χ3n) is 6.54. The predicted molar refractivity (Wildman–Crippen MR) is 133 cm³/mol. The number of cyclic esters (lactones) is 1. The molecule has 2 aliphatic heterocycles. The van der Waals surface area contributed by atoms with Crippen molar-refractivity contribution in [3.8, 4) is 11.4 Å². The molecule has 0 spiro atoms. The molecule has 6 rings (SSSR count). The van der Waals surface area contributed by atoms with E-state index < -0.39 is 12.1 Å². The lowest BCUT2D eigenvalue weighted by Crippen LogP contribution is -2.32. The van der Waals surface area contributed by atoms with Gasteiger partial charge in [-0.3, -0.25) is 4.79 Å². The first-order valence-corrected chi connectivity index (χ1v) is 12.2. The van der Waals surface area contributed by atoms with E-state index in [9.17, 15) is 19.1 Å². The quantitative estimate of drug-likeness (QED) is 0.370. The van der Waals surface area contributed by atoms with Crippen LogP contribution in [0.5, 0.6) is 0 Å². The molecular formula is C27H32FN3O4. The molecule has 186 valence electrons. The zero-order valence-electron chi connectivity index (χ0n) is 20.9. The first kappa shape index (κ1) is 25.0. The minimum atomic E-state index is -1.48. The monoisotopic (exact) mass is 481 g/mol. The van der Waals surface area contributed by atoms with Gasteiger partial charge in [-0.15, -0.1) is 0 Å². The Morgan fingerprint density at radius 3 is 2.49 bits per heavy atom. The normalized spacial score (nSPS) is 16.9. The van der Waals surface area contributed by atoms with Gasteiger partial charge in [0, 0.05) is 22.6 Å². The fourth-order valence-corrected chi connectivity index (χ4v) is 5.06. The standard InChI is InChI=1S/C22H17FN2O4.C3H9N.C2H6/c1-9-10-3-2-4-11-13-7-25-17(19(13)24-16(18(10)11)6-15(9)23)5-12-14(21(25)27)8-29-22(28)20(12)26;1-3(2)4;1-2/h5-6,20,26H,2-4,7-8H2,1H3;3H,4H2,1-2H3;1-2H3. The second-order valence-electron chi connectivity index (χ2n) is 9.24. The van der Waals surface area contributed by atoms with Crippen molar-refractivity contribution in [3.63, 3.8) is 0 Å². The molecular weight excluding hydrogens is 449 g/mol. The van der Waals surface area contributed by atoms with Gasteiger partial charge in [0.1, 0.15) is 12.4 Å². The molecule has 1 aliphatic carbocycles. The van der Waals surface area contributed by atoms with Gasteiger partial charge in [0.15, 0.2) is 6.10 Å². The van der Waals surface area contributed by atoms with E-state index in [1.165, 1.54) is 6.07 Å². The van der Waals surface area contributed by atoms with Crippen LogP contribution in [0, 0.1) is 12.7 Å². The van der Waals surface area contributed by atoms with Crippen LogP contribution in [-0.4, -0.2) is 26.7 Å². The second kappa shape index (κ2) is 9.51. The van der Waals surface area contributed by atoms with Crippen LogP contribution in [0.2, 0.25) is 0 Å². The molecule has 7 nitrogen and oxygen atoms in total. The maximum absolute atomic E-state index is 14.5. The molecule has 1 unspecified atom stereocenters. The summed E-state index contributed by atoms with van der Waals surface area (Å²) in [7, 11) is 0. The number of nitrogens with two attached hydrogens (primary N) is 1. The van der Waals surface area contributed by atoms with E-state index in [0.717, 1.165) is 41.3 Å². The van der Waals surface area contributed by atoms with E-state index in [4.69, 9.17) is 15.5 Å². The van der Waals surface area contributed by atoms with Crippen LogP contribution < -0.4 is 11.3 Å². The summed E-state index contributed by atoms with van der Waals surface area (Å²) in [6.07, 6.45) is 1.12. The summed E-state index contributed by atoms with van der Waals surface area (Å²) in [5.74, 6) is -1.03. The third kappa shape index (κ3) is 4.04. The third-order valence-corrected chi connectivity index (χ3v) is 6.54. The highest BCUT2D eigenvalue weighted by molar-refractivity contribution is 5.92. The predicted octanol–water partition coefficient (Wildman–Crippen LogP) is 3.83. The Labute approximate surface area is 203 Å². The Kier molecular flexibility index (Phi) is 6.79. The lowest BCUT2D eigenvalue weighted by Gasteiger charge is -2.22. The summed E-state index contributed by atoms with van der Waals surface area (Å²) in [5.41, 5.74) is 11.0. The number of hydrogen-bond acceptors (Lipinski definition) is 6. The molecule has 3 aromatic rings. The first-order chi connectivity index (χ1) is 16.7. The summed E-state index contributed by atoms with van der Waals surface area (Å²) < 4.78 is 21.1. The Morgan fingerprint density at radius 2 is 1.80 bits per heavy atom. The van der Waals surface area contributed by atoms with E-state index in [2.05, 4.69) is 0 Å². The number of benzene rings is 1. The van der Waals surface area contributed by atoms with E-state index in [-0.39, 0.29) is 23.5 Å². The molecule has 35 heavy (non-hydrogen) atoms. The SMILES string of the molecule is CC.CC(C)N.Cc1c(F)cc2nc3c(c4c2c1CCC4)Cn1c-3cc2c(c1=O)COC(=O)C2O. The van der Waals surface area contributed by atoms with Gasteiger partial charge in [-0.25, -0.2) is 14.2 Å². The van der Waals surface area contributed by atoms with Gasteiger partial charge in [-0.1, -0.05) is 27.7 Å². The van der Waals surface area contributed by atoms with Gasteiger partial charge in [-0.05, 0) is 55.0 Å². The highest BCUT2D eigenvalue weighted by Crippen LogP contribution is 2.41. The van der Waals surface area contributed by atoms with Crippen molar-refractivity contribution in [2.75, 3.05) is 0 Å². The van der Waals surface area contributed by atoms with Crippen LogP contribution in [0.1, 0.15) is 73.6 Å². The Bertz CT molecular complexity index is 1390. The van der Waals surface area contributed by atoms with Crippen molar-refractivity contribution < 1.29 is 19.0 Å². The molecule has 0 bridgehead atoms. The number of aliphatic hydroxyl groups is 1. The number of carbonyl (C=O) groups excluding carboxylic acids is 1. The summed E-state index contributed by atoms with van der Waals surface area (Å²) in [4.78, 5) is 29.6. The first-order valence-electron chi connectivity index (χ1n) is 12.2. The van der Waals surface area contributed by atoms with Gasteiger partial charge in [0.05, 0.1) is 29.0 Å². The van der Waals surface area contributed by atoms with Crippen LogP contribution in [0.25, 0.3) is 22.3 Å². The number of halogens is 1. The number of aryl methyl sites for hydroxylation is 2. The molecule has 8 heteroatoms. The van der Waals surface area contributed by atoms with Crippen molar-refractivity contribution in [1.29, 1.82) is 0 Å². The zero-order valence-corrected chi connectivity index (χ0v) is 20.9. The number of rotatable bonds is 0. The van der Waals surface area contributed by atoms with Crippen LogP contribution in [-0.2, 0) is 35.5 Å². The number of hydrogen-bond donors (Lipinski definition) is 2. The Balaban J connectivity index is 0.000000440. The summed E-state index contributed by atoms with van der Waals surface area (Å²) in [5, 5.41) is 11.2. The van der Waals surface area contributed by atoms with Crippen molar-refractivity contribution in [2.45, 2.75) is 79.2 Å². The number of nitrogens with zero attached hydrogens (tertiary/aromatic N) is 2. The number of aliphatic hydroxyl groups excluding tert-OH is 1. The average Bonchev–Trinajstić information content (AvgIpc) is 3.20. The molecule has 0 saturated carbocycles. The largest absolute Gasteiger partial charge is 0.458 e. The molecule has 0 amide bonds. The number of aromatic nitrogens is 2. The fraction of sp³-hybridized carbons (Fsp3) is 0.444. The molecule has 0 radical (unpaired) electrons. The molecule has 0 fully saturated rings. The van der Waals surface area contributed by atoms with E-state index in [1.807, 2.05) is 27.7 Å². The molecule has 3 N–H and O–H groups in total. The topological polar surface area (TPSA) is 107 Å². The van der Waals surface area contributed by atoms with E-state index >= 15 is 0 Å². The van der Waals surface area contributed by atoms with Crippen LogP contribution in [0.3, 0.4) is 0 Å². The minimum absolute atomic E-state index is 0.141. The maximum atomic E-state index is 14.5. The Hall–Kier alpha value is -3.10. The van der Waals surface area contributed by atoms with Gasteiger partial charge in [0.2, 0.25) is 0 Å².